The third-order valence-electron chi connectivity index (χ3n) is 5.62. The summed E-state index contributed by atoms with van der Waals surface area (Å²) in [4.78, 5) is 0. The van der Waals surface area contributed by atoms with E-state index in [1.54, 1.807) is 0 Å². The maximum atomic E-state index is 5.96. The molecule has 0 radical (unpaired) electrons. The first kappa shape index (κ1) is 11.0. The lowest BCUT2D eigenvalue weighted by Crippen LogP contribution is -2.57. The van der Waals surface area contributed by atoms with E-state index < -0.39 is 0 Å². The first-order chi connectivity index (χ1) is 8.71. The van der Waals surface area contributed by atoms with Crippen LogP contribution >= 0.6 is 0 Å². The summed E-state index contributed by atoms with van der Waals surface area (Å²) in [5.41, 5.74) is 0.670. The van der Waals surface area contributed by atoms with Crippen molar-refractivity contribution in [2.45, 2.75) is 50.7 Å². The van der Waals surface area contributed by atoms with Crippen LogP contribution < -0.4 is 0 Å². The molecule has 1 heterocycles. The highest BCUT2D eigenvalue weighted by molar-refractivity contribution is 5.09. The van der Waals surface area contributed by atoms with Crippen molar-refractivity contribution in [1.82, 2.24) is 9.78 Å². The van der Waals surface area contributed by atoms with E-state index in [0.717, 1.165) is 18.4 Å². The van der Waals surface area contributed by atoms with Crippen LogP contribution in [-0.4, -0.2) is 22.5 Å². The van der Waals surface area contributed by atoms with Crippen molar-refractivity contribution in [3.63, 3.8) is 0 Å². The molecular formula is C15H22N2O. The highest BCUT2D eigenvalue weighted by Crippen LogP contribution is 2.63. The van der Waals surface area contributed by atoms with Crippen molar-refractivity contribution in [2.75, 3.05) is 7.11 Å². The fourth-order valence-electron chi connectivity index (χ4n) is 5.53. The smallest absolute Gasteiger partial charge is 0.0690 e. The van der Waals surface area contributed by atoms with Crippen LogP contribution in [0.4, 0.5) is 0 Å². The molecule has 18 heavy (non-hydrogen) atoms. The molecule has 0 aliphatic heterocycles. The Bertz CT molecular complexity index is 425. The molecule has 5 rings (SSSR count). The number of methoxy groups -OCH3 is 1. The van der Waals surface area contributed by atoms with Gasteiger partial charge in [-0.1, -0.05) is 0 Å². The molecular weight excluding hydrogens is 224 g/mol. The number of hydrogen-bond acceptors (Lipinski definition) is 2. The molecule has 4 aliphatic rings. The molecule has 0 aromatic carbocycles. The first-order valence-electron chi connectivity index (χ1n) is 7.24. The lowest BCUT2D eigenvalue weighted by Gasteiger charge is -2.61. The maximum Gasteiger partial charge on any atom is 0.0690 e. The van der Waals surface area contributed by atoms with Gasteiger partial charge in [0.05, 0.1) is 5.60 Å². The fourth-order valence-corrected chi connectivity index (χ4v) is 5.53. The highest BCUT2D eigenvalue weighted by Gasteiger charge is 2.58. The van der Waals surface area contributed by atoms with E-state index in [1.807, 2.05) is 19.4 Å². The molecule has 0 amide bonds. The van der Waals surface area contributed by atoms with E-state index in [-0.39, 0.29) is 5.60 Å². The quantitative estimate of drug-likeness (QED) is 0.820. The highest BCUT2D eigenvalue weighted by atomic mass is 16.5. The van der Waals surface area contributed by atoms with Crippen LogP contribution in [0.1, 0.15) is 38.5 Å². The summed E-state index contributed by atoms with van der Waals surface area (Å²) in [6.07, 6.45) is 12.1. The largest absolute Gasteiger partial charge is 0.378 e. The lowest BCUT2D eigenvalue weighted by molar-refractivity contribution is -0.184. The molecule has 2 atom stereocenters. The predicted octanol–water partition coefficient (Wildman–Crippen LogP) is 2.87. The average Bonchev–Trinajstić information content (AvgIpc) is 2.79. The Morgan fingerprint density at radius 1 is 1.28 bits per heavy atom. The van der Waals surface area contributed by atoms with E-state index in [4.69, 9.17) is 4.74 Å². The van der Waals surface area contributed by atoms with Crippen molar-refractivity contribution in [1.29, 1.82) is 0 Å². The molecule has 0 N–H and O–H groups in total. The van der Waals surface area contributed by atoms with Gasteiger partial charge < -0.3 is 4.74 Å². The van der Waals surface area contributed by atoms with Crippen molar-refractivity contribution in [3.05, 3.63) is 18.5 Å². The molecule has 4 bridgehead atoms. The molecule has 0 spiro atoms. The molecule has 4 aliphatic carbocycles. The van der Waals surface area contributed by atoms with Gasteiger partial charge in [0.2, 0.25) is 0 Å². The second kappa shape index (κ2) is 3.60. The third-order valence-corrected chi connectivity index (χ3v) is 5.62. The Hall–Kier alpha value is -0.830. The zero-order valence-corrected chi connectivity index (χ0v) is 11.1. The normalized spacial score (nSPS) is 45.6. The third kappa shape index (κ3) is 1.56. The van der Waals surface area contributed by atoms with Crippen LogP contribution in [0, 0.1) is 17.3 Å². The second-order valence-electron chi connectivity index (χ2n) is 7.05. The fraction of sp³-hybridized carbons (Fsp3) is 0.800. The average molecular weight is 246 g/mol. The second-order valence-corrected chi connectivity index (χ2v) is 7.05. The van der Waals surface area contributed by atoms with E-state index in [9.17, 15) is 0 Å². The summed E-state index contributed by atoms with van der Waals surface area (Å²) in [5.74, 6) is 1.81. The summed E-state index contributed by atoms with van der Waals surface area (Å²) >= 11 is 0. The van der Waals surface area contributed by atoms with Crippen LogP contribution in [0.3, 0.4) is 0 Å². The summed E-state index contributed by atoms with van der Waals surface area (Å²) in [5, 5.41) is 4.42. The minimum atomic E-state index is 0.206. The summed E-state index contributed by atoms with van der Waals surface area (Å²) in [6.45, 7) is 1.10. The Balaban J connectivity index is 1.65. The van der Waals surface area contributed by atoms with Gasteiger partial charge in [-0.2, -0.15) is 5.10 Å². The van der Waals surface area contributed by atoms with Gasteiger partial charge in [-0.15, -0.1) is 0 Å². The molecule has 2 unspecified atom stereocenters. The topological polar surface area (TPSA) is 27.1 Å². The van der Waals surface area contributed by atoms with Gasteiger partial charge in [0.15, 0.2) is 0 Å². The van der Waals surface area contributed by atoms with Crippen molar-refractivity contribution in [3.8, 4) is 0 Å². The molecule has 3 nitrogen and oxygen atoms in total. The van der Waals surface area contributed by atoms with Crippen molar-refractivity contribution < 1.29 is 4.74 Å². The molecule has 0 saturated heterocycles. The molecule has 4 fully saturated rings. The van der Waals surface area contributed by atoms with Gasteiger partial charge >= 0.3 is 0 Å². The minimum Gasteiger partial charge on any atom is -0.378 e. The van der Waals surface area contributed by atoms with E-state index in [0.29, 0.717) is 5.41 Å². The molecule has 98 valence electrons. The molecule has 3 heteroatoms. The summed E-state index contributed by atoms with van der Waals surface area (Å²) in [7, 11) is 1.93. The van der Waals surface area contributed by atoms with Gasteiger partial charge in [-0.25, -0.2) is 0 Å². The van der Waals surface area contributed by atoms with Gasteiger partial charge in [0.1, 0.15) is 0 Å². The van der Waals surface area contributed by atoms with Crippen LogP contribution in [0.15, 0.2) is 18.5 Å². The number of hydrogen-bond donors (Lipinski definition) is 0. The first-order valence-corrected chi connectivity index (χ1v) is 7.24. The zero-order chi connectivity index (χ0) is 12.2. The van der Waals surface area contributed by atoms with E-state index in [1.165, 1.54) is 38.5 Å². The number of ether oxygens (including phenoxy) is 1. The monoisotopic (exact) mass is 246 g/mol. The van der Waals surface area contributed by atoms with Gasteiger partial charge in [0.25, 0.3) is 0 Å². The molecule has 4 saturated carbocycles. The Morgan fingerprint density at radius 3 is 2.67 bits per heavy atom. The van der Waals surface area contributed by atoms with Crippen LogP contribution in [0.25, 0.3) is 0 Å². The SMILES string of the molecule is COC12CC3CC(CC(Cn4cccn4)(C3)C1)C2. The summed E-state index contributed by atoms with van der Waals surface area (Å²) < 4.78 is 8.10. The Morgan fingerprint density at radius 2 is 2.06 bits per heavy atom. The number of aromatic nitrogens is 2. The number of rotatable bonds is 3. The standard InChI is InChI=1S/C15H22N2O/c1-18-15-8-12-5-13(9-15)7-14(6-12,10-15)11-17-4-2-3-16-17/h2-4,12-13H,5-11H2,1H3. The van der Waals surface area contributed by atoms with Crippen LogP contribution in [0.5, 0.6) is 0 Å². The Labute approximate surface area is 109 Å². The van der Waals surface area contributed by atoms with Gasteiger partial charge in [0, 0.05) is 26.0 Å². The maximum absolute atomic E-state index is 5.96. The lowest BCUT2D eigenvalue weighted by atomic mass is 9.48. The van der Waals surface area contributed by atoms with Crippen LogP contribution in [-0.2, 0) is 11.3 Å². The van der Waals surface area contributed by atoms with Gasteiger partial charge in [-0.05, 0) is 61.8 Å². The molecule has 1 aromatic rings. The minimum absolute atomic E-state index is 0.206. The molecule has 1 aromatic heterocycles. The van der Waals surface area contributed by atoms with Crippen molar-refractivity contribution in [2.24, 2.45) is 17.3 Å². The van der Waals surface area contributed by atoms with E-state index in [2.05, 4.69) is 16.0 Å². The van der Waals surface area contributed by atoms with Crippen LogP contribution in [0.2, 0.25) is 0 Å². The summed E-state index contributed by atoms with van der Waals surface area (Å²) in [6, 6.07) is 2.03. The van der Waals surface area contributed by atoms with Crippen molar-refractivity contribution >= 4 is 0 Å². The Kier molecular flexibility index (Phi) is 2.20. The predicted molar refractivity (Wildman–Crippen MR) is 69.1 cm³/mol. The van der Waals surface area contributed by atoms with E-state index >= 15 is 0 Å². The number of nitrogens with zero attached hydrogens (tertiary/aromatic N) is 2. The van der Waals surface area contributed by atoms with Gasteiger partial charge in [-0.3, -0.25) is 4.68 Å². The zero-order valence-electron chi connectivity index (χ0n) is 11.1.